The molecule has 0 atom stereocenters. The van der Waals surface area contributed by atoms with Gasteiger partial charge in [0.2, 0.25) is 0 Å². The van der Waals surface area contributed by atoms with E-state index in [0.717, 1.165) is 23.4 Å². The summed E-state index contributed by atoms with van der Waals surface area (Å²) >= 11 is 0. The number of aryl methyl sites for hydroxylation is 3. The predicted octanol–water partition coefficient (Wildman–Crippen LogP) is 6.11. The van der Waals surface area contributed by atoms with E-state index in [2.05, 4.69) is 56.5 Å². The van der Waals surface area contributed by atoms with Gasteiger partial charge in [0.05, 0.1) is 12.3 Å². The van der Waals surface area contributed by atoms with Gasteiger partial charge in [0.25, 0.3) is 0 Å². The largest absolute Gasteiger partial charge is 0.492 e. The normalized spacial score (nSPS) is 11.3. The first-order chi connectivity index (χ1) is 13.1. The Bertz CT molecular complexity index is 967. The second kappa shape index (κ2) is 8.26. The van der Waals surface area contributed by atoms with Crippen molar-refractivity contribution < 1.29 is 4.74 Å². The van der Waals surface area contributed by atoms with Crippen LogP contribution in [0, 0.1) is 20.8 Å². The van der Waals surface area contributed by atoms with Crippen molar-refractivity contribution in [2.75, 3.05) is 6.61 Å². The predicted molar refractivity (Wildman–Crippen MR) is 114 cm³/mol. The lowest BCUT2D eigenvalue weighted by Crippen LogP contribution is -2.05. The monoisotopic (exact) mass is 360 g/mol. The summed E-state index contributed by atoms with van der Waals surface area (Å²) < 4.78 is 8.03. The van der Waals surface area contributed by atoms with Gasteiger partial charge in [-0.2, -0.15) is 0 Å². The van der Waals surface area contributed by atoms with Crippen LogP contribution in [0.4, 0.5) is 5.69 Å². The third kappa shape index (κ3) is 3.82. The van der Waals surface area contributed by atoms with Crippen molar-refractivity contribution in [2.45, 2.75) is 41.0 Å². The lowest BCUT2D eigenvalue weighted by Gasteiger charge is -2.17. The number of para-hydroxylation sites is 3. The van der Waals surface area contributed by atoms with E-state index in [4.69, 9.17) is 9.73 Å². The van der Waals surface area contributed by atoms with Crippen LogP contribution in [0.2, 0.25) is 0 Å². The SMILES string of the molecule is CCOc1ccccc1N=Cc1cc(C)n(-c2c(C)cccc2CC)c1C. The van der Waals surface area contributed by atoms with E-state index in [0.29, 0.717) is 6.61 Å². The number of nitrogens with zero attached hydrogens (tertiary/aromatic N) is 2. The molecule has 0 saturated carbocycles. The van der Waals surface area contributed by atoms with Crippen LogP contribution < -0.4 is 4.74 Å². The Balaban J connectivity index is 2.03. The highest BCUT2D eigenvalue weighted by atomic mass is 16.5. The van der Waals surface area contributed by atoms with Crippen molar-refractivity contribution in [1.29, 1.82) is 0 Å². The molecule has 2 aromatic carbocycles. The maximum absolute atomic E-state index is 5.68. The van der Waals surface area contributed by atoms with Crippen LogP contribution in [0.1, 0.15) is 41.9 Å². The summed E-state index contributed by atoms with van der Waals surface area (Å²) in [7, 11) is 0. The minimum Gasteiger partial charge on any atom is -0.492 e. The Morgan fingerprint density at radius 2 is 1.78 bits per heavy atom. The number of aliphatic imine (C=N–C) groups is 1. The van der Waals surface area contributed by atoms with Gasteiger partial charge >= 0.3 is 0 Å². The third-order valence-electron chi connectivity index (χ3n) is 4.90. The minimum absolute atomic E-state index is 0.633. The molecule has 0 aliphatic rings. The Kier molecular flexibility index (Phi) is 5.80. The topological polar surface area (TPSA) is 26.5 Å². The number of ether oxygens (including phenoxy) is 1. The van der Waals surface area contributed by atoms with Gasteiger partial charge in [0.15, 0.2) is 0 Å². The standard InChI is InChI=1S/C24H28N2O/c1-6-20-12-10-11-17(3)24(20)26-18(4)15-21(19(26)5)16-25-22-13-8-9-14-23(22)27-7-2/h8-16H,6-7H2,1-5H3. The summed E-state index contributed by atoms with van der Waals surface area (Å²) in [6, 6.07) is 16.6. The molecule has 0 saturated heterocycles. The fraction of sp³-hybridized carbons (Fsp3) is 0.292. The first-order valence-electron chi connectivity index (χ1n) is 9.60. The number of benzene rings is 2. The summed E-state index contributed by atoms with van der Waals surface area (Å²) in [5.41, 5.74) is 8.36. The molecule has 0 spiro atoms. The zero-order valence-electron chi connectivity index (χ0n) is 16.9. The summed E-state index contributed by atoms with van der Waals surface area (Å²) in [5.74, 6) is 0.817. The second-order valence-electron chi connectivity index (χ2n) is 6.76. The molecular weight excluding hydrogens is 332 g/mol. The lowest BCUT2D eigenvalue weighted by atomic mass is 10.1. The van der Waals surface area contributed by atoms with Gasteiger partial charge in [-0.3, -0.25) is 4.99 Å². The fourth-order valence-corrected chi connectivity index (χ4v) is 3.57. The van der Waals surface area contributed by atoms with Gasteiger partial charge in [-0.05, 0) is 63.4 Å². The maximum Gasteiger partial charge on any atom is 0.144 e. The van der Waals surface area contributed by atoms with E-state index in [1.165, 1.54) is 28.2 Å². The Morgan fingerprint density at radius 1 is 1.00 bits per heavy atom. The Hall–Kier alpha value is -2.81. The van der Waals surface area contributed by atoms with Crippen molar-refractivity contribution in [2.24, 2.45) is 4.99 Å². The molecule has 3 rings (SSSR count). The zero-order valence-corrected chi connectivity index (χ0v) is 16.9. The number of hydrogen-bond acceptors (Lipinski definition) is 2. The van der Waals surface area contributed by atoms with E-state index in [1.807, 2.05) is 37.4 Å². The van der Waals surface area contributed by atoms with E-state index in [-0.39, 0.29) is 0 Å². The first kappa shape index (κ1) is 19.0. The van der Waals surface area contributed by atoms with Crippen LogP contribution in [-0.4, -0.2) is 17.4 Å². The lowest BCUT2D eigenvalue weighted by molar-refractivity contribution is 0.341. The highest BCUT2D eigenvalue weighted by molar-refractivity contribution is 5.85. The summed E-state index contributed by atoms with van der Waals surface area (Å²) in [4.78, 5) is 4.71. The van der Waals surface area contributed by atoms with E-state index < -0.39 is 0 Å². The Labute approximate surface area is 162 Å². The number of aromatic nitrogens is 1. The van der Waals surface area contributed by atoms with Gasteiger partial charge in [-0.1, -0.05) is 37.3 Å². The fourth-order valence-electron chi connectivity index (χ4n) is 3.57. The van der Waals surface area contributed by atoms with Crippen LogP contribution in [0.5, 0.6) is 5.75 Å². The highest BCUT2D eigenvalue weighted by Gasteiger charge is 2.14. The molecule has 27 heavy (non-hydrogen) atoms. The molecule has 140 valence electrons. The molecule has 1 heterocycles. The molecule has 3 nitrogen and oxygen atoms in total. The van der Waals surface area contributed by atoms with Crippen LogP contribution in [0.15, 0.2) is 53.5 Å². The maximum atomic E-state index is 5.68. The molecule has 0 fully saturated rings. The average Bonchev–Trinajstić information content (AvgIpc) is 2.94. The molecule has 0 bridgehead atoms. The molecule has 3 heteroatoms. The molecule has 0 aliphatic heterocycles. The number of rotatable bonds is 6. The van der Waals surface area contributed by atoms with Crippen molar-refractivity contribution in [3.8, 4) is 11.4 Å². The summed E-state index contributed by atoms with van der Waals surface area (Å²) in [6.45, 7) is 11.3. The van der Waals surface area contributed by atoms with Crippen molar-refractivity contribution in [3.05, 3.63) is 76.6 Å². The summed E-state index contributed by atoms with van der Waals surface area (Å²) in [5, 5.41) is 0. The minimum atomic E-state index is 0.633. The van der Waals surface area contributed by atoms with Gasteiger partial charge in [-0.25, -0.2) is 0 Å². The van der Waals surface area contributed by atoms with Crippen molar-refractivity contribution in [3.63, 3.8) is 0 Å². The first-order valence-corrected chi connectivity index (χ1v) is 9.60. The smallest absolute Gasteiger partial charge is 0.144 e. The van der Waals surface area contributed by atoms with Crippen LogP contribution in [-0.2, 0) is 6.42 Å². The van der Waals surface area contributed by atoms with E-state index in [9.17, 15) is 0 Å². The van der Waals surface area contributed by atoms with Crippen LogP contribution in [0.3, 0.4) is 0 Å². The highest BCUT2D eigenvalue weighted by Crippen LogP contribution is 2.29. The zero-order chi connectivity index (χ0) is 19.4. The molecule has 0 radical (unpaired) electrons. The molecule has 0 aliphatic carbocycles. The van der Waals surface area contributed by atoms with Crippen LogP contribution in [0.25, 0.3) is 5.69 Å². The second-order valence-corrected chi connectivity index (χ2v) is 6.76. The third-order valence-corrected chi connectivity index (χ3v) is 4.90. The van der Waals surface area contributed by atoms with Gasteiger partial charge in [-0.15, -0.1) is 0 Å². The summed E-state index contributed by atoms with van der Waals surface area (Å²) in [6.07, 6.45) is 2.96. The molecule has 0 N–H and O–H groups in total. The van der Waals surface area contributed by atoms with E-state index >= 15 is 0 Å². The molecular formula is C24H28N2O. The van der Waals surface area contributed by atoms with Crippen molar-refractivity contribution >= 4 is 11.9 Å². The Morgan fingerprint density at radius 3 is 2.52 bits per heavy atom. The van der Waals surface area contributed by atoms with Gasteiger partial charge < -0.3 is 9.30 Å². The quantitative estimate of drug-likeness (QED) is 0.487. The molecule has 0 unspecified atom stereocenters. The van der Waals surface area contributed by atoms with Gasteiger partial charge in [0.1, 0.15) is 11.4 Å². The average molecular weight is 361 g/mol. The molecule has 1 aromatic heterocycles. The number of hydrogen-bond donors (Lipinski definition) is 0. The van der Waals surface area contributed by atoms with E-state index in [1.54, 1.807) is 0 Å². The molecule has 0 amide bonds. The van der Waals surface area contributed by atoms with Crippen molar-refractivity contribution in [1.82, 2.24) is 4.57 Å². The molecule has 3 aromatic rings. The van der Waals surface area contributed by atoms with Crippen LogP contribution >= 0.6 is 0 Å². The van der Waals surface area contributed by atoms with Gasteiger partial charge in [0, 0.05) is 23.2 Å².